The summed E-state index contributed by atoms with van der Waals surface area (Å²) in [5.41, 5.74) is 1.10. The molecule has 0 saturated heterocycles. The van der Waals surface area contributed by atoms with E-state index in [4.69, 9.17) is 0 Å². The molecule has 0 bridgehead atoms. The molecule has 30 heavy (non-hydrogen) atoms. The molecule has 2 aromatic carbocycles. The van der Waals surface area contributed by atoms with E-state index in [1.165, 1.54) is 6.07 Å². The topological polar surface area (TPSA) is 59.3 Å². The summed E-state index contributed by atoms with van der Waals surface area (Å²) in [5.74, 6) is -0.612. The van der Waals surface area contributed by atoms with Crippen LogP contribution in [0.15, 0.2) is 66.7 Å². The Balaban J connectivity index is 1.74. The fraction of sp³-hybridized carbons (Fsp3) is 0.136. The van der Waals surface area contributed by atoms with Crippen LogP contribution in [0.4, 0.5) is 18.9 Å². The van der Waals surface area contributed by atoms with Crippen molar-refractivity contribution in [1.82, 2.24) is 14.6 Å². The molecule has 5 nitrogen and oxygen atoms in total. The summed E-state index contributed by atoms with van der Waals surface area (Å²) in [7, 11) is 0. The second-order valence-corrected chi connectivity index (χ2v) is 6.69. The summed E-state index contributed by atoms with van der Waals surface area (Å²) in [6, 6.07) is 17.9. The van der Waals surface area contributed by atoms with Gasteiger partial charge in [-0.05, 0) is 30.2 Å². The Labute approximate surface area is 170 Å². The molecular formula is C22H17F3N4O. The average Bonchev–Trinajstić information content (AvgIpc) is 3.18. The van der Waals surface area contributed by atoms with E-state index in [9.17, 15) is 18.0 Å². The maximum Gasteiger partial charge on any atom is 0.433 e. The van der Waals surface area contributed by atoms with E-state index in [0.717, 1.165) is 18.1 Å². The van der Waals surface area contributed by atoms with Crippen molar-refractivity contribution in [2.45, 2.75) is 19.5 Å². The van der Waals surface area contributed by atoms with Gasteiger partial charge in [-0.3, -0.25) is 4.79 Å². The first kappa shape index (κ1) is 19.6. The molecule has 1 N–H and O–H groups in total. The van der Waals surface area contributed by atoms with Gasteiger partial charge in [-0.25, -0.2) is 9.50 Å². The minimum Gasteiger partial charge on any atom is -0.321 e. The van der Waals surface area contributed by atoms with E-state index >= 15 is 0 Å². The minimum absolute atomic E-state index is 0.0600. The molecule has 4 rings (SSSR count). The van der Waals surface area contributed by atoms with Gasteiger partial charge in [-0.2, -0.15) is 18.3 Å². The van der Waals surface area contributed by atoms with Gasteiger partial charge in [0.15, 0.2) is 17.0 Å². The highest BCUT2D eigenvalue weighted by Gasteiger charge is 2.35. The number of benzene rings is 2. The number of aromatic nitrogens is 3. The van der Waals surface area contributed by atoms with E-state index in [2.05, 4.69) is 15.4 Å². The van der Waals surface area contributed by atoms with Crippen LogP contribution in [0, 0.1) is 0 Å². The van der Waals surface area contributed by atoms with Crippen LogP contribution in [0.2, 0.25) is 0 Å². The van der Waals surface area contributed by atoms with Crippen molar-refractivity contribution in [2.75, 3.05) is 5.32 Å². The van der Waals surface area contributed by atoms with Gasteiger partial charge in [0.2, 0.25) is 0 Å². The van der Waals surface area contributed by atoms with Gasteiger partial charge < -0.3 is 5.32 Å². The van der Waals surface area contributed by atoms with Crippen molar-refractivity contribution < 1.29 is 18.0 Å². The summed E-state index contributed by atoms with van der Waals surface area (Å²) in [5, 5.41) is 6.52. The molecule has 4 aromatic rings. The SMILES string of the molecule is CCc1ccc(NC(=O)c2cc3nc(-c4ccccc4)cc(C(F)(F)F)n3n2)cc1. The fourth-order valence-electron chi connectivity index (χ4n) is 3.06. The van der Waals surface area contributed by atoms with E-state index in [0.29, 0.717) is 15.8 Å². The van der Waals surface area contributed by atoms with Crippen LogP contribution in [0.1, 0.15) is 28.7 Å². The van der Waals surface area contributed by atoms with Crippen LogP contribution < -0.4 is 5.32 Å². The zero-order valence-corrected chi connectivity index (χ0v) is 15.9. The summed E-state index contributed by atoms with van der Waals surface area (Å²) in [6.07, 6.45) is -3.81. The summed E-state index contributed by atoms with van der Waals surface area (Å²) in [6.45, 7) is 2.01. The first-order valence-corrected chi connectivity index (χ1v) is 9.29. The van der Waals surface area contributed by atoms with Crippen molar-refractivity contribution >= 4 is 17.2 Å². The molecule has 152 valence electrons. The molecule has 0 saturated carbocycles. The Morgan fingerprint density at radius 2 is 1.73 bits per heavy atom. The Morgan fingerprint density at radius 1 is 1.03 bits per heavy atom. The Hall–Kier alpha value is -3.68. The summed E-state index contributed by atoms with van der Waals surface area (Å²) < 4.78 is 41.6. The molecule has 0 aliphatic carbocycles. The van der Waals surface area contributed by atoms with Gasteiger partial charge >= 0.3 is 6.18 Å². The molecule has 0 unspecified atom stereocenters. The fourth-order valence-corrected chi connectivity index (χ4v) is 3.06. The number of carbonyl (C=O) groups excluding carboxylic acids is 1. The lowest BCUT2D eigenvalue weighted by Crippen LogP contribution is -2.15. The van der Waals surface area contributed by atoms with Gasteiger partial charge in [0.05, 0.1) is 5.69 Å². The van der Waals surface area contributed by atoms with Gasteiger partial charge in [0, 0.05) is 17.3 Å². The molecule has 0 radical (unpaired) electrons. The van der Waals surface area contributed by atoms with Crippen LogP contribution in [0.3, 0.4) is 0 Å². The monoisotopic (exact) mass is 410 g/mol. The number of fused-ring (bicyclic) bond motifs is 1. The molecular weight excluding hydrogens is 393 g/mol. The predicted molar refractivity (Wildman–Crippen MR) is 107 cm³/mol. The molecule has 0 aliphatic rings. The second-order valence-electron chi connectivity index (χ2n) is 6.69. The summed E-state index contributed by atoms with van der Waals surface area (Å²) >= 11 is 0. The van der Waals surface area contributed by atoms with Crippen LogP contribution in [0.5, 0.6) is 0 Å². The van der Waals surface area contributed by atoms with E-state index in [-0.39, 0.29) is 17.0 Å². The summed E-state index contributed by atoms with van der Waals surface area (Å²) in [4.78, 5) is 16.8. The third kappa shape index (κ3) is 3.89. The number of carbonyl (C=O) groups is 1. The van der Waals surface area contributed by atoms with Crippen molar-refractivity contribution in [1.29, 1.82) is 0 Å². The van der Waals surface area contributed by atoms with Crippen LogP contribution in [-0.4, -0.2) is 20.5 Å². The van der Waals surface area contributed by atoms with Gasteiger partial charge in [-0.15, -0.1) is 0 Å². The smallest absolute Gasteiger partial charge is 0.321 e. The predicted octanol–water partition coefficient (Wildman–Crippen LogP) is 5.23. The van der Waals surface area contributed by atoms with Crippen LogP contribution >= 0.6 is 0 Å². The Morgan fingerprint density at radius 3 is 2.37 bits per heavy atom. The van der Waals surface area contributed by atoms with E-state index < -0.39 is 17.8 Å². The number of hydrogen-bond donors (Lipinski definition) is 1. The third-order valence-corrected chi connectivity index (χ3v) is 4.64. The lowest BCUT2D eigenvalue weighted by atomic mass is 10.1. The molecule has 0 fully saturated rings. The largest absolute Gasteiger partial charge is 0.433 e. The third-order valence-electron chi connectivity index (χ3n) is 4.64. The Bertz CT molecular complexity index is 1200. The zero-order valence-electron chi connectivity index (χ0n) is 15.9. The second kappa shape index (κ2) is 7.62. The molecule has 2 aromatic heterocycles. The Kier molecular flexibility index (Phi) is 4.99. The van der Waals surface area contributed by atoms with Crippen LogP contribution in [-0.2, 0) is 12.6 Å². The highest BCUT2D eigenvalue weighted by molar-refractivity contribution is 6.03. The first-order chi connectivity index (χ1) is 14.3. The van der Waals surface area contributed by atoms with Gasteiger partial charge in [-0.1, -0.05) is 49.4 Å². The van der Waals surface area contributed by atoms with Gasteiger partial charge in [0.1, 0.15) is 0 Å². The van der Waals surface area contributed by atoms with Crippen molar-refractivity contribution in [3.05, 3.63) is 83.7 Å². The molecule has 8 heteroatoms. The van der Waals surface area contributed by atoms with Crippen molar-refractivity contribution in [3.63, 3.8) is 0 Å². The van der Waals surface area contributed by atoms with Crippen LogP contribution in [0.25, 0.3) is 16.9 Å². The number of nitrogens with one attached hydrogen (secondary N) is 1. The molecule has 0 atom stereocenters. The highest BCUT2D eigenvalue weighted by Crippen LogP contribution is 2.32. The standard InChI is InChI=1S/C22H17F3N4O/c1-2-14-8-10-16(11-9-14)26-21(30)18-13-20-27-17(15-6-4-3-5-7-15)12-19(22(23,24)25)29(20)28-18/h3-13H,2H2,1H3,(H,26,30). The number of alkyl halides is 3. The van der Waals surface area contributed by atoms with E-state index in [1.54, 1.807) is 42.5 Å². The maximum atomic E-state index is 13.7. The number of rotatable bonds is 4. The lowest BCUT2D eigenvalue weighted by Gasteiger charge is -2.10. The molecule has 1 amide bonds. The average molecular weight is 410 g/mol. The quantitative estimate of drug-likeness (QED) is 0.501. The zero-order chi connectivity index (χ0) is 21.3. The highest BCUT2D eigenvalue weighted by atomic mass is 19.4. The number of halogens is 3. The molecule has 0 aliphatic heterocycles. The number of aryl methyl sites for hydroxylation is 1. The lowest BCUT2D eigenvalue weighted by molar-refractivity contribution is -0.142. The number of amides is 1. The minimum atomic E-state index is -4.67. The molecule has 2 heterocycles. The first-order valence-electron chi connectivity index (χ1n) is 9.29. The number of nitrogens with zero attached hydrogens (tertiary/aromatic N) is 3. The molecule has 0 spiro atoms. The maximum absolute atomic E-state index is 13.7. The normalized spacial score (nSPS) is 11.6. The van der Waals surface area contributed by atoms with E-state index in [1.807, 2.05) is 19.1 Å². The number of hydrogen-bond acceptors (Lipinski definition) is 3. The van der Waals surface area contributed by atoms with Gasteiger partial charge in [0.25, 0.3) is 5.91 Å². The van der Waals surface area contributed by atoms with Crippen molar-refractivity contribution in [3.8, 4) is 11.3 Å². The van der Waals surface area contributed by atoms with Crippen molar-refractivity contribution in [2.24, 2.45) is 0 Å². The number of anilines is 1.